The van der Waals surface area contributed by atoms with E-state index < -0.39 is 11.9 Å². The van der Waals surface area contributed by atoms with Crippen LogP contribution in [0.2, 0.25) is 0 Å². The lowest BCUT2D eigenvalue weighted by atomic mass is 9.90. The molecule has 204 valence electrons. The van der Waals surface area contributed by atoms with Crippen LogP contribution in [0.4, 0.5) is 0 Å². The van der Waals surface area contributed by atoms with E-state index in [1.165, 1.54) is 0 Å². The number of methoxy groups -OCH3 is 1. The van der Waals surface area contributed by atoms with E-state index in [1.54, 1.807) is 20.2 Å². The van der Waals surface area contributed by atoms with Gasteiger partial charge in [0, 0.05) is 30.4 Å². The summed E-state index contributed by atoms with van der Waals surface area (Å²) in [7, 11) is 1.58. The minimum Gasteiger partial charge on any atom is -0.485 e. The van der Waals surface area contributed by atoms with E-state index in [0.29, 0.717) is 23.9 Å². The van der Waals surface area contributed by atoms with Gasteiger partial charge in [-0.15, -0.1) is 0 Å². The van der Waals surface area contributed by atoms with Crippen molar-refractivity contribution in [3.63, 3.8) is 0 Å². The third kappa shape index (κ3) is 6.40. The number of carboxylic acid groups (broad SMARTS) is 1. The van der Waals surface area contributed by atoms with Gasteiger partial charge in [0.2, 0.25) is 5.88 Å². The molecule has 2 atom stereocenters. The van der Waals surface area contributed by atoms with Crippen LogP contribution >= 0.6 is 0 Å². The Hall–Kier alpha value is -3.89. The quantitative estimate of drug-likeness (QED) is 0.336. The number of nitriles is 1. The smallest absolute Gasteiger partial charge is 0.306 e. The summed E-state index contributed by atoms with van der Waals surface area (Å²) in [6.45, 7) is 9.88. The van der Waals surface area contributed by atoms with E-state index in [1.807, 2.05) is 18.2 Å². The first-order valence-corrected chi connectivity index (χ1v) is 13.6. The van der Waals surface area contributed by atoms with Crippen LogP contribution in [0.3, 0.4) is 0 Å². The highest BCUT2D eigenvalue weighted by molar-refractivity contribution is 5.74. The molecule has 1 unspecified atom stereocenters. The zero-order valence-corrected chi connectivity index (χ0v) is 23.4. The Balaban J connectivity index is 1.71. The lowest BCUT2D eigenvalue weighted by Crippen LogP contribution is -2.30. The Labute approximate surface area is 231 Å². The summed E-state index contributed by atoms with van der Waals surface area (Å²) in [6.07, 6.45) is 3.66. The minimum atomic E-state index is -0.798. The molecule has 2 heterocycles. The molecule has 1 aromatic heterocycles. The molecule has 0 spiro atoms. The molecule has 4 rings (SSSR count). The summed E-state index contributed by atoms with van der Waals surface area (Å²) in [5, 5.41) is 19.1. The molecule has 7 nitrogen and oxygen atoms in total. The second-order valence-electron chi connectivity index (χ2n) is 10.5. The van der Waals surface area contributed by atoms with Gasteiger partial charge in [0.1, 0.15) is 17.9 Å². The highest BCUT2D eigenvalue weighted by atomic mass is 16.5. The molecule has 0 aliphatic carbocycles. The van der Waals surface area contributed by atoms with E-state index in [9.17, 15) is 15.2 Å². The first-order valence-electron chi connectivity index (χ1n) is 13.6. The van der Waals surface area contributed by atoms with E-state index in [4.69, 9.17) is 9.47 Å². The number of carbonyl (C=O) groups is 1. The van der Waals surface area contributed by atoms with Crippen LogP contribution in [0.25, 0.3) is 11.1 Å². The van der Waals surface area contributed by atoms with Crippen LogP contribution < -0.4 is 9.47 Å². The Morgan fingerprint density at radius 2 is 2.00 bits per heavy atom. The van der Waals surface area contributed by atoms with E-state index in [2.05, 4.69) is 61.0 Å². The third-order valence-corrected chi connectivity index (χ3v) is 7.55. The van der Waals surface area contributed by atoms with Crippen molar-refractivity contribution in [3.05, 3.63) is 76.5 Å². The SMILES string of the molecule is CCN(Cc1cc([C@@H]2CCc3ccc(CC(C)C(=O)O)cc3O2)ccc1-c1cc(OC)ncc1C#N)C(C)C. The lowest BCUT2D eigenvalue weighted by molar-refractivity contribution is -0.141. The van der Waals surface area contributed by atoms with Gasteiger partial charge in [-0.1, -0.05) is 44.2 Å². The number of aryl methyl sites for hydroxylation is 1. The highest BCUT2D eigenvalue weighted by Crippen LogP contribution is 2.38. The molecular weight excluding hydrogens is 490 g/mol. The van der Waals surface area contributed by atoms with Crippen molar-refractivity contribution in [2.75, 3.05) is 13.7 Å². The molecule has 1 aliphatic heterocycles. The van der Waals surface area contributed by atoms with Crippen molar-refractivity contribution >= 4 is 5.97 Å². The predicted molar refractivity (Wildman–Crippen MR) is 151 cm³/mol. The number of pyridine rings is 1. The summed E-state index contributed by atoms with van der Waals surface area (Å²) in [4.78, 5) is 18.0. The maximum absolute atomic E-state index is 11.3. The van der Waals surface area contributed by atoms with Gasteiger partial charge < -0.3 is 14.6 Å². The Bertz CT molecular complexity index is 1380. The van der Waals surface area contributed by atoms with Gasteiger partial charge in [-0.3, -0.25) is 9.69 Å². The summed E-state index contributed by atoms with van der Waals surface area (Å²) < 4.78 is 11.9. The molecule has 0 radical (unpaired) electrons. The van der Waals surface area contributed by atoms with Gasteiger partial charge in [0.25, 0.3) is 0 Å². The van der Waals surface area contributed by atoms with Gasteiger partial charge in [-0.05, 0) is 73.5 Å². The van der Waals surface area contributed by atoms with Gasteiger partial charge >= 0.3 is 5.97 Å². The third-order valence-electron chi connectivity index (χ3n) is 7.55. The number of aromatic nitrogens is 1. The van der Waals surface area contributed by atoms with Crippen molar-refractivity contribution in [2.45, 2.75) is 65.6 Å². The molecular formula is C32H37N3O4. The molecule has 1 aliphatic rings. The van der Waals surface area contributed by atoms with Gasteiger partial charge in [0.05, 0.1) is 18.6 Å². The number of ether oxygens (including phenoxy) is 2. The molecule has 0 saturated carbocycles. The lowest BCUT2D eigenvalue weighted by Gasteiger charge is -2.29. The number of benzene rings is 2. The van der Waals surface area contributed by atoms with Crippen LogP contribution in [0.5, 0.6) is 11.6 Å². The number of fused-ring (bicyclic) bond motifs is 1. The number of aliphatic carboxylic acids is 1. The summed E-state index contributed by atoms with van der Waals surface area (Å²) in [6, 6.07) is 16.9. The zero-order valence-electron chi connectivity index (χ0n) is 23.4. The Kier molecular flexibility index (Phi) is 8.88. The molecule has 3 aromatic rings. The summed E-state index contributed by atoms with van der Waals surface area (Å²) >= 11 is 0. The van der Waals surface area contributed by atoms with E-state index >= 15 is 0 Å². The largest absolute Gasteiger partial charge is 0.485 e. The minimum absolute atomic E-state index is 0.117. The average molecular weight is 528 g/mol. The topological polar surface area (TPSA) is 95.7 Å². The number of nitrogens with zero attached hydrogens (tertiary/aromatic N) is 3. The van der Waals surface area contributed by atoms with Gasteiger partial charge in [0.15, 0.2) is 0 Å². The van der Waals surface area contributed by atoms with Crippen LogP contribution in [-0.4, -0.2) is 40.7 Å². The van der Waals surface area contributed by atoms with Crippen LogP contribution in [0.1, 0.15) is 68.0 Å². The van der Waals surface area contributed by atoms with Crippen molar-refractivity contribution in [1.82, 2.24) is 9.88 Å². The molecule has 1 N–H and O–H groups in total. The van der Waals surface area contributed by atoms with Gasteiger partial charge in [-0.2, -0.15) is 5.26 Å². The molecule has 7 heteroatoms. The number of rotatable bonds is 10. The molecule has 39 heavy (non-hydrogen) atoms. The van der Waals surface area contributed by atoms with Crippen LogP contribution in [-0.2, 0) is 24.2 Å². The zero-order chi connectivity index (χ0) is 28.1. The second-order valence-corrected chi connectivity index (χ2v) is 10.5. The second kappa shape index (κ2) is 12.3. The Morgan fingerprint density at radius 1 is 1.21 bits per heavy atom. The monoisotopic (exact) mass is 527 g/mol. The van der Waals surface area contributed by atoms with E-state index in [-0.39, 0.29) is 6.10 Å². The first-order chi connectivity index (χ1) is 18.7. The molecule has 0 amide bonds. The number of carboxylic acids is 1. The van der Waals surface area contributed by atoms with Crippen molar-refractivity contribution < 1.29 is 19.4 Å². The van der Waals surface area contributed by atoms with Gasteiger partial charge in [-0.25, -0.2) is 4.98 Å². The maximum Gasteiger partial charge on any atom is 0.306 e. The van der Waals surface area contributed by atoms with Crippen LogP contribution in [0.15, 0.2) is 48.7 Å². The number of hydrogen-bond donors (Lipinski definition) is 1. The van der Waals surface area contributed by atoms with Crippen molar-refractivity contribution in [3.8, 4) is 28.8 Å². The van der Waals surface area contributed by atoms with E-state index in [0.717, 1.165) is 65.1 Å². The average Bonchev–Trinajstić information content (AvgIpc) is 2.94. The number of hydrogen-bond acceptors (Lipinski definition) is 6. The fourth-order valence-corrected chi connectivity index (χ4v) is 5.16. The fourth-order valence-electron chi connectivity index (χ4n) is 5.16. The normalized spacial score (nSPS) is 15.4. The fraction of sp³-hybridized carbons (Fsp3) is 0.406. The maximum atomic E-state index is 11.3. The molecule has 0 fully saturated rings. The predicted octanol–water partition coefficient (Wildman–Crippen LogP) is 6.19. The molecule has 0 saturated heterocycles. The Morgan fingerprint density at radius 3 is 2.67 bits per heavy atom. The summed E-state index contributed by atoms with van der Waals surface area (Å²) in [5.74, 6) is 0.0450. The van der Waals surface area contributed by atoms with Crippen molar-refractivity contribution in [1.29, 1.82) is 5.26 Å². The van der Waals surface area contributed by atoms with Crippen molar-refractivity contribution in [2.24, 2.45) is 5.92 Å². The first kappa shape index (κ1) is 28.1. The molecule has 0 bridgehead atoms. The van der Waals surface area contributed by atoms with Crippen LogP contribution in [0, 0.1) is 17.2 Å². The standard InChI is InChI=1S/C32H37N3O4/c1-6-35(20(2)3)19-25-15-24(9-11-27(25)28-16-31(38-5)34-18-26(28)17-33)29-12-10-23-8-7-22(14-30(23)39-29)13-21(4)32(36)37/h7-9,11,14-16,18,20-21,29H,6,10,12-13,19H2,1-5H3,(H,36,37)/t21?,29-/m0/s1. The highest BCUT2D eigenvalue weighted by Gasteiger charge is 2.24. The summed E-state index contributed by atoms with van der Waals surface area (Å²) in [5.41, 5.74) is 6.60. The molecule has 2 aromatic carbocycles.